The Hall–Kier alpha value is -2.53. The second-order valence-corrected chi connectivity index (χ2v) is 7.02. The van der Waals surface area contributed by atoms with E-state index >= 15 is 0 Å². The zero-order valence-corrected chi connectivity index (χ0v) is 13.9. The van der Waals surface area contributed by atoms with Crippen LogP contribution in [0.25, 0.3) is 0 Å². The van der Waals surface area contributed by atoms with E-state index < -0.39 is 33.2 Å². The van der Waals surface area contributed by atoms with Crippen LogP contribution in [0, 0.1) is 10.1 Å². The maximum atomic E-state index is 12.9. The Morgan fingerprint density at radius 1 is 1.15 bits per heavy atom. The van der Waals surface area contributed by atoms with Crippen LogP contribution in [0.2, 0.25) is 0 Å². The predicted molar refractivity (Wildman–Crippen MR) is 85.6 cm³/mol. The van der Waals surface area contributed by atoms with E-state index in [2.05, 4.69) is 0 Å². The molecule has 2 aromatic rings. The summed E-state index contributed by atoms with van der Waals surface area (Å²) in [6.07, 6.45) is -4.67. The fourth-order valence-corrected chi connectivity index (χ4v) is 4.00. The van der Waals surface area contributed by atoms with Crippen molar-refractivity contribution in [2.24, 2.45) is 0 Å². The van der Waals surface area contributed by atoms with Crippen molar-refractivity contribution in [3.63, 3.8) is 0 Å². The lowest BCUT2D eigenvalue weighted by molar-refractivity contribution is -0.387. The molecular formula is C15H12F3N3O4S. The first-order chi connectivity index (χ1) is 12.2. The number of nitro benzene ring substituents is 1. The Morgan fingerprint density at radius 3 is 2.50 bits per heavy atom. The molecule has 0 saturated heterocycles. The molecule has 1 aliphatic rings. The monoisotopic (exact) mass is 387 g/mol. The molecule has 2 heterocycles. The van der Waals surface area contributed by atoms with Gasteiger partial charge in [0.25, 0.3) is 11.2 Å². The highest BCUT2D eigenvalue weighted by Gasteiger charge is 2.34. The molecule has 0 saturated carbocycles. The van der Waals surface area contributed by atoms with E-state index in [4.69, 9.17) is 0 Å². The van der Waals surface area contributed by atoms with E-state index in [9.17, 15) is 32.3 Å². The van der Waals surface area contributed by atoms with Crippen LogP contribution >= 0.6 is 0 Å². The first-order valence-corrected chi connectivity index (χ1v) is 8.50. The molecule has 11 heteroatoms. The molecule has 7 nitrogen and oxygen atoms in total. The van der Waals surface area contributed by atoms with Gasteiger partial charge in [0.15, 0.2) is 0 Å². The minimum atomic E-state index is -4.67. The Balaban J connectivity index is 1.96. The number of hydrogen-bond donors (Lipinski definition) is 0. The molecule has 1 aromatic heterocycles. The van der Waals surface area contributed by atoms with Crippen LogP contribution in [-0.2, 0) is 30.3 Å². The summed E-state index contributed by atoms with van der Waals surface area (Å²) in [5.74, 6) is 0. The van der Waals surface area contributed by atoms with Crippen molar-refractivity contribution in [3.05, 3.63) is 68.1 Å². The number of pyridine rings is 1. The highest BCUT2D eigenvalue weighted by molar-refractivity contribution is 7.82. The Labute approximate surface area is 147 Å². The number of nitro groups is 1. The molecule has 1 aliphatic heterocycles. The SMILES string of the molecule is O=c1cc(C(F)(F)F)cc2n1CCN(S(=O)c1ccccc1[N+](=O)[O-])C2. The highest BCUT2D eigenvalue weighted by atomic mass is 32.2. The highest BCUT2D eigenvalue weighted by Crippen LogP contribution is 2.30. The number of hydrogen-bond acceptors (Lipinski definition) is 4. The molecule has 1 unspecified atom stereocenters. The van der Waals surface area contributed by atoms with Gasteiger partial charge in [-0.05, 0) is 12.1 Å². The fraction of sp³-hybridized carbons (Fsp3) is 0.267. The van der Waals surface area contributed by atoms with Crippen molar-refractivity contribution < 1.29 is 22.3 Å². The minimum absolute atomic E-state index is 0.0404. The summed E-state index contributed by atoms with van der Waals surface area (Å²) in [5.41, 5.74) is -2.14. The van der Waals surface area contributed by atoms with Gasteiger partial charge < -0.3 is 4.57 Å². The quantitative estimate of drug-likeness (QED) is 0.598. The van der Waals surface area contributed by atoms with Gasteiger partial charge in [-0.1, -0.05) is 12.1 Å². The minimum Gasteiger partial charge on any atom is -0.310 e. The Bertz CT molecular complexity index is 958. The zero-order valence-electron chi connectivity index (χ0n) is 13.1. The Kier molecular flexibility index (Phi) is 4.67. The molecule has 138 valence electrons. The third kappa shape index (κ3) is 3.40. The molecule has 0 aliphatic carbocycles. The van der Waals surface area contributed by atoms with Gasteiger partial charge in [0.1, 0.15) is 15.9 Å². The first kappa shape index (κ1) is 18.3. The van der Waals surface area contributed by atoms with E-state index in [-0.39, 0.29) is 35.9 Å². The fourth-order valence-electron chi connectivity index (χ4n) is 2.71. The lowest BCUT2D eigenvalue weighted by atomic mass is 10.2. The van der Waals surface area contributed by atoms with E-state index in [0.29, 0.717) is 6.07 Å². The summed E-state index contributed by atoms with van der Waals surface area (Å²) in [5, 5.41) is 11.1. The second-order valence-electron chi connectivity index (χ2n) is 5.56. The van der Waals surface area contributed by atoms with Gasteiger partial charge in [-0.2, -0.15) is 13.2 Å². The molecule has 0 bridgehead atoms. The smallest absolute Gasteiger partial charge is 0.310 e. The molecule has 0 N–H and O–H groups in total. The molecule has 0 spiro atoms. The van der Waals surface area contributed by atoms with Crippen LogP contribution in [0.5, 0.6) is 0 Å². The summed E-state index contributed by atoms with van der Waals surface area (Å²) >= 11 is 0. The van der Waals surface area contributed by atoms with Gasteiger partial charge in [0.05, 0.1) is 17.0 Å². The molecule has 0 radical (unpaired) electrons. The number of para-hydroxylation sites is 1. The second kappa shape index (κ2) is 6.65. The number of rotatable bonds is 3. The van der Waals surface area contributed by atoms with Crippen LogP contribution in [0.1, 0.15) is 11.3 Å². The predicted octanol–water partition coefficient (Wildman–Crippen LogP) is 2.31. The van der Waals surface area contributed by atoms with Gasteiger partial charge >= 0.3 is 6.18 Å². The van der Waals surface area contributed by atoms with E-state index in [1.807, 2.05) is 0 Å². The third-order valence-corrected chi connectivity index (χ3v) is 5.44. The average Bonchev–Trinajstić information content (AvgIpc) is 2.59. The largest absolute Gasteiger partial charge is 0.416 e. The Morgan fingerprint density at radius 2 is 1.85 bits per heavy atom. The van der Waals surface area contributed by atoms with Crippen molar-refractivity contribution in [1.29, 1.82) is 0 Å². The summed E-state index contributed by atoms with van der Waals surface area (Å²) in [6, 6.07) is 6.83. The van der Waals surface area contributed by atoms with Gasteiger partial charge in [-0.25, -0.2) is 8.51 Å². The van der Waals surface area contributed by atoms with Crippen LogP contribution < -0.4 is 5.56 Å². The molecule has 1 aromatic carbocycles. The van der Waals surface area contributed by atoms with Crippen LogP contribution in [0.15, 0.2) is 46.1 Å². The standard InChI is InChI=1S/C15H12F3N3O4S/c16-15(17,18)10-7-11-9-19(5-6-20(11)14(22)8-10)26(25)13-4-2-1-3-12(13)21(23)24/h1-4,7-8H,5-6,9H2. The summed E-state index contributed by atoms with van der Waals surface area (Å²) in [4.78, 5) is 22.3. The van der Waals surface area contributed by atoms with Crippen LogP contribution in [0.3, 0.4) is 0 Å². The number of aromatic nitrogens is 1. The molecule has 0 amide bonds. The van der Waals surface area contributed by atoms with Crippen molar-refractivity contribution >= 4 is 16.7 Å². The number of benzene rings is 1. The molecular weight excluding hydrogens is 375 g/mol. The molecule has 0 fully saturated rings. The van der Waals surface area contributed by atoms with Crippen molar-refractivity contribution in [3.8, 4) is 0 Å². The van der Waals surface area contributed by atoms with Crippen LogP contribution in [-0.4, -0.2) is 24.5 Å². The van der Waals surface area contributed by atoms with Gasteiger partial charge in [-0.15, -0.1) is 0 Å². The van der Waals surface area contributed by atoms with Gasteiger partial charge in [-0.3, -0.25) is 14.9 Å². The van der Waals surface area contributed by atoms with Gasteiger partial charge in [0.2, 0.25) is 0 Å². The zero-order chi connectivity index (χ0) is 19.1. The van der Waals surface area contributed by atoms with E-state index in [1.54, 1.807) is 0 Å². The summed E-state index contributed by atoms with van der Waals surface area (Å²) in [6.45, 7) is -0.0482. The van der Waals surface area contributed by atoms with Crippen LogP contribution in [0.4, 0.5) is 18.9 Å². The lowest BCUT2D eigenvalue weighted by Gasteiger charge is -2.29. The lowest BCUT2D eigenvalue weighted by Crippen LogP contribution is -2.40. The van der Waals surface area contributed by atoms with E-state index in [1.165, 1.54) is 33.1 Å². The number of halogens is 3. The normalized spacial score (nSPS) is 16.1. The van der Waals surface area contributed by atoms with Gasteiger partial charge in [0, 0.05) is 30.9 Å². The topological polar surface area (TPSA) is 85.5 Å². The van der Waals surface area contributed by atoms with Crippen molar-refractivity contribution in [2.45, 2.75) is 24.2 Å². The molecule has 1 atom stereocenters. The average molecular weight is 387 g/mol. The molecule has 26 heavy (non-hydrogen) atoms. The number of nitrogens with zero attached hydrogens (tertiary/aromatic N) is 3. The maximum absolute atomic E-state index is 12.9. The van der Waals surface area contributed by atoms with Crippen molar-refractivity contribution in [1.82, 2.24) is 8.87 Å². The summed E-state index contributed by atoms with van der Waals surface area (Å²) in [7, 11) is -1.95. The molecule has 3 rings (SSSR count). The van der Waals surface area contributed by atoms with Crippen molar-refractivity contribution in [2.75, 3.05) is 6.54 Å². The summed E-state index contributed by atoms with van der Waals surface area (Å²) < 4.78 is 53.9. The number of fused-ring (bicyclic) bond motifs is 1. The number of alkyl halides is 3. The van der Waals surface area contributed by atoms with E-state index in [0.717, 1.165) is 6.07 Å². The third-order valence-electron chi connectivity index (χ3n) is 3.94. The first-order valence-electron chi connectivity index (χ1n) is 7.39. The maximum Gasteiger partial charge on any atom is 0.416 e.